The molecule has 0 aliphatic heterocycles. The molecule has 0 radical (unpaired) electrons. The zero-order valence-electron chi connectivity index (χ0n) is 11.3. The fourth-order valence-electron chi connectivity index (χ4n) is 2.07. The van der Waals surface area contributed by atoms with Gasteiger partial charge in [-0.2, -0.15) is 0 Å². The summed E-state index contributed by atoms with van der Waals surface area (Å²) in [6.45, 7) is 6.17. The number of benzene rings is 2. The van der Waals surface area contributed by atoms with Crippen molar-refractivity contribution >= 4 is 17.3 Å². The smallest absolute Gasteiger partial charge is 0.141 e. The first-order valence-electron chi connectivity index (χ1n) is 6.26. The Bertz CT molecular complexity index is 595. The number of hydrogen-bond donors (Lipinski definition) is 1. The van der Waals surface area contributed by atoms with E-state index < -0.39 is 0 Å². The van der Waals surface area contributed by atoms with Gasteiger partial charge >= 0.3 is 0 Å². The summed E-state index contributed by atoms with van der Waals surface area (Å²) >= 11 is 5.81. The van der Waals surface area contributed by atoms with Gasteiger partial charge in [-0.05, 0) is 50.1 Å². The van der Waals surface area contributed by atoms with E-state index in [1.54, 1.807) is 12.1 Å². The summed E-state index contributed by atoms with van der Waals surface area (Å²) in [6.07, 6.45) is 0. The van der Waals surface area contributed by atoms with Crippen LogP contribution in [0.1, 0.15) is 29.7 Å². The lowest BCUT2D eigenvalue weighted by molar-refractivity contribution is 0.627. The van der Waals surface area contributed by atoms with Crippen LogP contribution in [0.15, 0.2) is 36.4 Å². The van der Waals surface area contributed by atoms with Crippen molar-refractivity contribution in [3.05, 3.63) is 63.9 Å². The Morgan fingerprint density at radius 3 is 2.47 bits per heavy atom. The number of rotatable bonds is 3. The maximum absolute atomic E-state index is 13.1. The molecule has 2 aromatic rings. The average Bonchev–Trinajstić information content (AvgIpc) is 2.36. The highest BCUT2D eigenvalue weighted by Crippen LogP contribution is 2.25. The van der Waals surface area contributed by atoms with Crippen LogP contribution in [0.3, 0.4) is 0 Å². The molecular weight excluding hydrogens is 261 g/mol. The van der Waals surface area contributed by atoms with Crippen molar-refractivity contribution in [3.8, 4) is 0 Å². The molecule has 0 aromatic heterocycles. The van der Waals surface area contributed by atoms with E-state index in [9.17, 15) is 4.39 Å². The molecule has 19 heavy (non-hydrogen) atoms. The summed E-state index contributed by atoms with van der Waals surface area (Å²) in [4.78, 5) is 0. The van der Waals surface area contributed by atoms with Gasteiger partial charge in [-0.15, -0.1) is 0 Å². The first-order valence-corrected chi connectivity index (χ1v) is 6.64. The number of hydrogen-bond acceptors (Lipinski definition) is 1. The SMILES string of the molecule is Cc1ccc(NC(C)c2ccc(F)c(Cl)c2)c(C)c1. The Morgan fingerprint density at radius 1 is 1.11 bits per heavy atom. The van der Waals surface area contributed by atoms with Crippen molar-refractivity contribution in [1.82, 2.24) is 0 Å². The minimum Gasteiger partial charge on any atom is -0.378 e. The molecule has 3 heteroatoms. The molecule has 100 valence electrons. The summed E-state index contributed by atoms with van der Waals surface area (Å²) in [5, 5.41) is 3.58. The summed E-state index contributed by atoms with van der Waals surface area (Å²) in [7, 11) is 0. The number of anilines is 1. The zero-order chi connectivity index (χ0) is 14.0. The Hall–Kier alpha value is -1.54. The molecule has 0 bridgehead atoms. The second-order valence-corrected chi connectivity index (χ2v) is 5.27. The van der Waals surface area contributed by atoms with Crippen molar-refractivity contribution < 1.29 is 4.39 Å². The first-order chi connectivity index (χ1) is 8.97. The largest absolute Gasteiger partial charge is 0.378 e. The van der Waals surface area contributed by atoms with Gasteiger partial charge in [-0.3, -0.25) is 0 Å². The molecule has 0 saturated carbocycles. The molecule has 2 rings (SSSR count). The highest BCUT2D eigenvalue weighted by molar-refractivity contribution is 6.30. The van der Waals surface area contributed by atoms with E-state index in [-0.39, 0.29) is 16.9 Å². The van der Waals surface area contributed by atoms with Crippen LogP contribution in [0.4, 0.5) is 10.1 Å². The maximum atomic E-state index is 13.1. The van der Waals surface area contributed by atoms with Gasteiger partial charge in [0.15, 0.2) is 0 Å². The second-order valence-electron chi connectivity index (χ2n) is 4.86. The van der Waals surface area contributed by atoms with Gasteiger partial charge in [0.25, 0.3) is 0 Å². The molecule has 1 nitrogen and oxygen atoms in total. The van der Waals surface area contributed by atoms with E-state index in [1.165, 1.54) is 17.2 Å². The van der Waals surface area contributed by atoms with Crippen molar-refractivity contribution in [3.63, 3.8) is 0 Å². The van der Waals surface area contributed by atoms with E-state index in [0.717, 1.165) is 11.3 Å². The van der Waals surface area contributed by atoms with Crippen LogP contribution in [-0.4, -0.2) is 0 Å². The molecule has 0 fully saturated rings. The molecule has 1 unspecified atom stereocenters. The first kappa shape index (κ1) is 13.9. The lowest BCUT2D eigenvalue weighted by Gasteiger charge is -2.18. The molecule has 1 atom stereocenters. The molecular formula is C16H17ClFN. The Kier molecular flexibility index (Phi) is 4.11. The van der Waals surface area contributed by atoms with Crippen LogP contribution < -0.4 is 5.32 Å². The van der Waals surface area contributed by atoms with Crippen LogP contribution in [0.5, 0.6) is 0 Å². The summed E-state index contributed by atoms with van der Waals surface area (Å²) < 4.78 is 13.1. The van der Waals surface area contributed by atoms with Crippen LogP contribution in [0.25, 0.3) is 0 Å². The highest BCUT2D eigenvalue weighted by Gasteiger charge is 2.09. The predicted octanol–water partition coefficient (Wildman–Crippen LogP) is 5.27. The van der Waals surface area contributed by atoms with Gasteiger partial charge in [-0.25, -0.2) is 4.39 Å². The minimum atomic E-state index is -0.385. The van der Waals surface area contributed by atoms with Crippen LogP contribution in [0, 0.1) is 19.7 Å². The fourth-order valence-corrected chi connectivity index (χ4v) is 2.26. The monoisotopic (exact) mass is 277 g/mol. The third kappa shape index (κ3) is 3.27. The third-order valence-corrected chi connectivity index (χ3v) is 3.49. The van der Waals surface area contributed by atoms with Crippen molar-refractivity contribution in [2.45, 2.75) is 26.8 Å². The third-order valence-electron chi connectivity index (χ3n) is 3.20. The van der Waals surface area contributed by atoms with Crippen molar-refractivity contribution in [2.75, 3.05) is 5.32 Å². The average molecular weight is 278 g/mol. The molecule has 0 aliphatic rings. The highest BCUT2D eigenvalue weighted by atomic mass is 35.5. The Balaban J connectivity index is 2.20. The van der Waals surface area contributed by atoms with E-state index in [1.807, 2.05) is 6.92 Å². The number of nitrogens with one attached hydrogen (secondary N) is 1. The lowest BCUT2D eigenvalue weighted by Crippen LogP contribution is -2.08. The molecule has 1 N–H and O–H groups in total. The van der Waals surface area contributed by atoms with Crippen molar-refractivity contribution in [1.29, 1.82) is 0 Å². The van der Waals surface area contributed by atoms with E-state index in [2.05, 4.69) is 37.4 Å². The molecule has 0 spiro atoms. The van der Waals surface area contributed by atoms with Crippen LogP contribution >= 0.6 is 11.6 Å². The summed E-state index contributed by atoms with van der Waals surface area (Å²) in [5.41, 5.74) is 4.48. The second kappa shape index (κ2) is 5.62. The van der Waals surface area contributed by atoms with Crippen molar-refractivity contribution in [2.24, 2.45) is 0 Å². The van der Waals surface area contributed by atoms with Gasteiger partial charge in [0.2, 0.25) is 0 Å². The van der Waals surface area contributed by atoms with E-state index in [0.29, 0.717) is 0 Å². The zero-order valence-corrected chi connectivity index (χ0v) is 12.1. The lowest BCUT2D eigenvalue weighted by atomic mass is 10.1. The fraction of sp³-hybridized carbons (Fsp3) is 0.250. The number of aryl methyl sites for hydroxylation is 2. The van der Waals surface area contributed by atoms with Crippen LogP contribution in [-0.2, 0) is 0 Å². The standard InChI is InChI=1S/C16H17ClFN/c1-10-4-7-16(11(2)8-10)19-12(3)13-5-6-15(18)14(17)9-13/h4-9,12,19H,1-3H3. The van der Waals surface area contributed by atoms with Gasteiger partial charge in [-0.1, -0.05) is 35.4 Å². The Morgan fingerprint density at radius 2 is 1.84 bits per heavy atom. The molecule has 0 saturated heterocycles. The van der Waals surface area contributed by atoms with Crippen LogP contribution in [0.2, 0.25) is 5.02 Å². The van der Waals surface area contributed by atoms with E-state index in [4.69, 9.17) is 11.6 Å². The van der Waals surface area contributed by atoms with Gasteiger partial charge in [0, 0.05) is 11.7 Å². The number of halogens is 2. The maximum Gasteiger partial charge on any atom is 0.141 e. The summed E-state index contributed by atoms with van der Waals surface area (Å²) in [6, 6.07) is 11.1. The molecule has 2 aromatic carbocycles. The van der Waals surface area contributed by atoms with Gasteiger partial charge < -0.3 is 5.32 Å². The molecule has 0 aliphatic carbocycles. The van der Waals surface area contributed by atoms with E-state index >= 15 is 0 Å². The minimum absolute atomic E-state index is 0.0690. The normalized spacial score (nSPS) is 12.3. The predicted molar refractivity (Wildman–Crippen MR) is 79.4 cm³/mol. The summed E-state index contributed by atoms with van der Waals surface area (Å²) in [5.74, 6) is -0.385. The van der Waals surface area contributed by atoms with Gasteiger partial charge in [0.05, 0.1) is 5.02 Å². The Labute approximate surface area is 118 Å². The molecule has 0 heterocycles. The quantitative estimate of drug-likeness (QED) is 0.806. The van der Waals surface area contributed by atoms with Gasteiger partial charge in [0.1, 0.15) is 5.82 Å². The topological polar surface area (TPSA) is 12.0 Å². The molecule has 0 amide bonds.